The van der Waals surface area contributed by atoms with Crippen molar-refractivity contribution in [2.45, 2.75) is 12.8 Å². The van der Waals surface area contributed by atoms with Crippen molar-refractivity contribution in [2.24, 2.45) is 0 Å². The number of hydrogen-bond acceptors (Lipinski definition) is 1. The van der Waals surface area contributed by atoms with Crippen LogP contribution in [0.5, 0.6) is 0 Å². The smallest absolute Gasteiger partial charge is 0.287 e. The molecular formula is C9H6F4O. The average Bonchev–Trinajstić information content (AvgIpc) is 1.99. The first-order valence-corrected chi connectivity index (χ1v) is 3.69. The Bertz CT molecular complexity index is 347. The molecule has 0 N–H and O–H groups in total. The SMILES string of the molecule is CC(F)(F)C(=O)c1cc(F)cc(F)c1. The fourth-order valence-electron chi connectivity index (χ4n) is 0.938. The van der Waals surface area contributed by atoms with Crippen LogP contribution in [0.2, 0.25) is 0 Å². The van der Waals surface area contributed by atoms with Crippen molar-refractivity contribution in [1.82, 2.24) is 0 Å². The number of carbonyl (C=O) groups excluding carboxylic acids is 1. The van der Waals surface area contributed by atoms with Crippen LogP contribution in [-0.2, 0) is 0 Å². The molecule has 1 rings (SSSR count). The highest BCUT2D eigenvalue weighted by atomic mass is 19.3. The largest absolute Gasteiger partial charge is 0.307 e. The number of hydrogen-bond donors (Lipinski definition) is 0. The second kappa shape index (κ2) is 3.40. The number of ketones is 1. The van der Waals surface area contributed by atoms with Crippen LogP contribution in [0, 0.1) is 11.6 Å². The molecular weight excluding hydrogens is 200 g/mol. The van der Waals surface area contributed by atoms with Crippen LogP contribution >= 0.6 is 0 Å². The molecule has 0 radical (unpaired) electrons. The van der Waals surface area contributed by atoms with E-state index in [1.165, 1.54) is 0 Å². The summed E-state index contributed by atoms with van der Waals surface area (Å²) < 4.78 is 50.0. The minimum atomic E-state index is -3.62. The molecule has 0 unspecified atom stereocenters. The second-order valence-corrected chi connectivity index (χ2v) is 2.88. The molecule has 0 spiro atoms. The van der Waals surface area contributed by atoms with Gasteiger partial charge in [0.15, 0.2) is 0 Å². The Morgan fingerprint density at radius 2 is 1.57 bits per heavy atom. The fourth-order valence-corrected chi connectivity index (χ4v) is 0.938. The molecule has 0 aromatic heterocycles. The van der Waals surface area contributed by atoms with Gasteiger partial charge in [0.25, 0.3) is 0 Å². The van der Waals surface area contributed by atoms with Crippen LogP contribution in [0.15, 0.2) is 18.2 Å². The predicted molar refractivity (Wildman–Crippen MR) is 41.3 cm³/mol. The number of benzene rings is 1. The third-order valence-corrected chi connectivity index (χ3v) is 1.52. The summed E-state index contributed by atoms with van der Waals surface area (Å²) in [6.07, 6.45) is 0. The third-order valence-electron chi connectivity index (χ3n) is 1.52. The molecule has 1 aromatic carbocycles. The Labute approximate surface area is 77.3 Å². The minimum absolute atomic E-state index is 0.373. The lowest BCUT2D eigenvalue weighted by Gasteiger charge is -2.08. The number of carbonyl (C=O) groups is 1. The zero-order valence-electron chi connectivity index (χ0n) is 7.15. The minimum Gasteiger partial charge on any atom is -0.287 e. The standard InChI is InChI=1S/C9H6F4O/c1-9(12,13)8(14)5-2-6(10)4-7(11)3-5/h2-4H,1H3. The maximum atomic E-state index is 12.5. The molecule has 0 aliphatic rings. The molecule has 0 fully saturated rings. The van der Waals surface area contributed by atoms with Gasteiger partial charge in [0.2, 0.25) is 5.78 Å². The Hall–Kier alpha value is -1.39. The molecule has 14 heavy (non-hydrogen) atoms. The van der Waals surface area contributed by atoms with E-state index in [4.69, 9.17) is 0 Å². The van der Waals surface area contributed by atoms with Crippen molar-refractivity contribution in [1.29, 1.82) is 0 Å². The summed E-state index contributed by atoms with van der Waals surface area (Å²) in [5, 5.41) is 0. The molecule has 1 aromatic rings. The molecule has 0 saturated carbocycles. The van der Waals surface area contributed by atoms with Crippen molar-refractivity contribution in [3.63, 3.8) is 0 Å². The summed E-state index contributed by atoms with van der Waals surface area (Å²) in [6.45, 7) is 0.373. The number of Topliss-reactive ketones (excluding diaryl/α,β-unsaturated/α-hetero) is 1. The number of halogens is 4. The summed E-state index contributed by atoms with van der Waals surface area (Å²) in [4.78, 5) is 10.9. The van der Waals surface area contributed by atoms with Crippen molar-refractivity contribution in [3.8, 4) is 0 Å². The Kier molecular flexibility index (Phi) is 2.59. The molecule has 0 amide bonds. The van der Waals surface area contributed by atoms with E-state index in [1.54, 1.807) is 0 Å². The van der Waals surface area contributed by atoms with Gasteiger partial charge in [0.1, 0.15) is 11.6 Å². The molecule has 0 aliphatic heterocycles. The lowest BCUT2D eigenvalue weighted by Crippen LogP contribution is -2.24. The molecule has 0 aliphatic carbocycles. The topological polar surface area (TPSA) is 17.1 Å². The summed E-state index contributed by atoms with van der Waals surface area (Å²) in [7, 11) is 0. The zero-order valence-corrected chi connectivity index (χ0v) is 7.15. The monoisotopic (exact) mass is 206 g/mol. The molecule has 0 saturated heterocycles. The van der Waals surface area contributed by atoms with Crippen LogP contribution in [0.1, 0.15) is 17.3 Å². The molecule has 76 valence electrons. The number of rotatable bonds is 2. The van der Waals surface area contributed by atoms with E-state index in [1.807, 2.05) is 0 Å². The molecule has 0 atom stereocenters. The summed E-state index contributed by atoms with van der Waals surface area (Å²) in [5.41, 5.74) is -0.671. The maximum absolute atomic E-state index is 12.5. The Morgan fingerprint density at radius 3 is 1.93 bits per heavy atom. The normalized spacial score (nSPS) is 11.5. The van der Waals surface area contributed by atoms with E-state index in [2.05, 4.69) is 0 Å². The van der Waals surface area contributed by atoms with Crippen molar-refractivity contribution >= 4 is 5.78 Å². The fraction of sp³-hybridized carbons (Fsp3) is 0.222. The predicted octanol–water partition coefficient (Wildman–Crippen LogP) is 2.80. The van der Waals surface area contributed by atoms with Gasteiger partial charge >= 0.3 is 5.92 Å². The summed E-state index contributed by atoms with van der Waals surface area (Å²) in [5.74, 6) is -7.34. The van der Waals surface area contributed by atoms with Crippen LogP contribution < -0.4 is 0 Å². The van der Waals surface area contributed by atoms with Crippen molar-refractivity contribution in [3.05, 3.63) is 35.4 Å². The van der Waals surface area contributed by atoms with E-state index >= 15 is 0 Å². The first-order chi connectivity index (χ1) is 6.30. The Balaban J connectivity index is 3.14. The van der Waals surface area contributed by atoms with E-state index in [0.717, 1.165) is 0 Å². The van der Waals surface area contributed by atoms with Gasteiger partial charge in [-0.2, -0.15) is 8.78 Å². The third kappa shape index (κ3) is 2.31. The van der Waals surface area contributed by atoms with E-state index in [9.17, 15) is 22.4 Å². The van der Waals surface area contributed by atoms with Gasteiger partial charge in [0, 0.05) is 18.6 Å². The van der Waals surface area contributed by atoms with Gasteiger partial charge in [-0.3, -0.25) is 4.79 Å². The summed E-state index contributed by atoms with van der Waals surface area (Å²) >= 11 is 0. The van der Waals surface area contributed by atoms with Gasteiger partial charge in [-0.05, 0) is 12.1 Å². The van der Waals surface area contributed by atoms with E-state index < -0.39 is 28.9 Å². The van der Waals surface area contributed by atoms with Gasteiger partial charge in [-0.25, -0.2) is 8.78 Å². The maximum Gasteiger partial charge on any atom is 0.307 e. The highest BCUT2D eigenvalue weighted by Gasteiger charge is 2.33. The van der Waals surface area contributed by atoms with Crippen LogP contribution in [-0.4, -0.2) is 11.7 Å². The first-order valence-electron chi connectivity index (χ1n) is 3.69. The van der Waals surface area contributed by atoms with Crippen molar-refractivity contribution < 1.29 is 22.4 Å². The average molecular weight is 206 g/mol. The van der Waals surface area contributed by atoms with Gasteiger partial charge < -0.3 is 0 Å². The van der Waals surface area contributed by atoms with Gasteiger partial charge in [-0.15, -0.1) is 0 Å². The van der Waals surface area contributed by atoms with E-state index in [-0.39, 0.29) is 0 Å². The molecule has 1 nitrogen and oxygen atoms in total. The van der Waals surface area contributed by atoms with Crippen LogP contribution in [0.3, 0.4) is 0 Å². The Morgan fingerprint density at radius 1 is 1.14 bits per heavy atom. The highest BCUT2D eigenvalue weighted by Crippen LogP contribution is 2.20. The zero-order chi connectivity index (χ0) is 10.9. The number of alkyl halides is 2. The van der Waals surface area contributed by atoms with Crippen LogP contribution in [0.4, 0.5) is 17.6 Å². The highest BCUT2D eigenvalue weighted by molar-refractivity contribution is 6.01. The van der Waals surface area contributed by atoms with Gasteiger partial charge in [0.05, 0.1) is 0 Å². The lowest BCUT2D eigenvalue weighted by atomic mass is 10.1. The quantitative estimate of drug-likeness (QED) is 0.537. The van der Waals surface area contributed by atoms with Crippen LogP contribution in [0.25, 0.3) is 0 Å². The van der Waals surface area contributed by atoms with E-state index in [0.29, 0.717) is 25.1 Å². The molecule has 0 heterocycles. The summed E-state index contributed by atoms with van der Waals surface area (Å²) in [6, 6.07) is 1.65. The molecule has 0 bridgehead atoms. The second-order valence-electron chi connectivity index (χ2n) is 2.88. The lowest BCUT2D eigenvalue weighted by molar-refractivity contribution is 0.0221. The first kappa shape index (κ1) is 10.7. The molecule has 5 heteroatoms. The van der Waals surface area contributed by atoms with Gasteiger partial charge in [-0.1, -0.05) is 0 Å². The van der Waals surface area contributed by atoms with Crippen molar-refractivity contribution in [2.75, 3.05) is 0 Å².